The Hall–Kier alpha value is -2.70. The predicted molar refractivity (Wildman–Crippen MR) is 108 cm³/mol. The van der Waals surface area contributed by atoms with Gasteiger partial charge in [0.2, 0.25) is 10.0 Å². The molecule has 0 aliphatic heterocycles. The number of ether oxygens (including phenoxy) is 2. The molecule has 0 saturated heterocycles. The maximum Gasteiger partial charge on any atom is 0.270 e. The van der Waals surface area contributed by atoms with Crippen LogP contribution in [0.3, 0.4) is 0 Å². The normalized spacial score (nSPS) is 11.0. The molecule has 2 aromatic rings. The van der Waals surface area contributed by atoms with Crippen molar-refractivity contribution in [3.63, 3.8) is 0 Å². The molecular weight excluding hydrogens is 470 g/mol. The molecule has 0 aliphatic carbocycles. The first-order chi connectivity index (χ1) is 13.7. The third kappa shape index (κ3) is 5.65. The summed E-state index contributed by atoms with van der Waals surface area (Å²) in [6.07, 6.45) is 0. The van der Waals surface area contributed by atoms with E-state index in [1.807, 2.05) is 0 Å². The van der Waals surface area contributed by atoms with Gasteiger partial charge in [-0.15, -0.1) is 0 Å². The molecule has 0 aromatic heterocycles. The molecule has 0 saturated carbocycles. The van der Waals surface area contributed by atoms with Crippen LogP contribution in [0.15, 0.2) is 45.8 Å². The van der Waals surface area contributed by atoms with E-state index >= 15 is 0 Å². The smallest absolute Gasteiger partial charge is 0.270 e. The molecule has 0 aliphatic rings. The lowest BCUT2D eigenvalue weighted by atomic mass is 10.2. The minimum atomic E-state index is -3.96. The van der Waals surface area contributed by atoms with Gasteiger partial charge in [0.25, 0.3) is 11.6 Å². The number of carbonyl (C=O) groups excluding carboxylic acids is 1. The number of nitrogens with one attached hydrogen (secondary N) is 2. The fourth-order valence-corrected chi connectivity index (χ4v) is 3.94. The summed E-state index contributed by atoms with van der Waals surface area (Å²) >= 11 is 3.31. The Labute approximate surface area is 175 Å². The summed E-state index contributed by atoms with van der Waals surface area (Å²) in [7, 11) is -1.06. The molecule has 10 nitrogen and oxygen atoms in total. The molecule has 0 radical (unpaired) electrons. The van der Waals surface area contributed by atoms with E-state index in [2.05, 4.69) is 26.0 Å². The van der Waals surface area contributed by atoms with Crippen molar-refractivity contribution in [3.05, 3.63) is 56.5 Å². The van der Waals surface area contributed by atoms with Gasteiger partial charge in [-0.05, 0) is 34.1 Å². The van der Waals surface area contributed by atoms with Crippen LogP contribution in [0, 0.1) is 10.1 Å². The highest BCUT2D eigenvalue weighted by atomic mass is 79.9. The topological polar surface area (TPSA) is 137 Å². The van der Waals surface area contributed by atoms with E-state index in [1.54, 1.807) is 0 Å². The monoisotopic (exact) mass is 487 g/mol. The van der Waals surface area contributed by atoms with Crippen LogP contribution in [0.5, 0.6) is 11.5 Å². The van der Waals surface area contributed by atoms with Gasteiger partial charge in [-0.3, -0.25) is 14.9 Å². The minimum absolute atomic E-state index is 0.00626. The van der Waals surface area contributed by atoms with Crippen molar-refractivity contribution < 1.29 is 27.6 Å². The maximum atomic E-state index is 12.3. The zero-order valence-electron chi connectivity index (χ0n) is 15.5. The van der Waals surface area contributed by atoms with E-state index in [9.17, 15) is 23.3 Å². The van der Waals surface area contributed by atoms with Gasteiger partial charge in [0, 0.05) is 30.8 Å². The van der Waals surface area contributed by atoms with Gasteiger partial charge in [0.05, 0.1) is 24.0 Å². The number of carbonyl (C=O) groups is 1. The first-order valence-electron chi connectivity index (χ1n) is 8.13. The SMILES string of the molecule is COc1cc(C(=O)NCCNS(=O)(=O)c2cccc([N+](=O)[O-])c2)cc(OC)c1Br. The number of non-ortho nitro benzene ring substituents is 1. The van der Waals surface area contributed by atoms with E-state index in [0.29, 0.717) is 16.0 Å². The van der Waals surface area contributed by atoms with Crippen molar-refractivity contribution >= 4 is 37.5 Å². The van der Waals surface area contributed by atoms with Crippen LogP contribution >= 0.6 is 15.9 Å². The average molecular weight is 488 g/mol. The van der Waals surface area contributed by atoms with Crippen molar-refractivity contribution in [1.82, 2.24) is 10.0 Å². The van der Waals surface area contributed by atoms with Crippen molar-refractivity contribution in [2.75, 3.05) is 27.3 Å². The second-order valence-corrected chi connectivity index (χ2v) is 8.16. The number of halogens is 1. The number of hydrogen-bond donors (Lipinski definition) is 2. The van der Waals surface area contributed by atoms with Crippen molar-refractivity contribution in [2.45, 2.75) is 4.90 Å². The van der Waals surface area contributed by atoms with Crippen LogP contribution in [0.1, 0.15) is 10.4 Å². The van der Waals surface area contributed by atoms with E-state index in [4.69, 9.17) is 9.47 Å². The van der Waals surface area contributed by atoms with Gasteiger partial charge < -0.3 is 14.8 Å². The first-order valence-corrected chi connectivity index (χ1v) is 10.4. The molecule has 12 heteroatoms. The quantitative estimate of drug-likeness (QED) is 0.313. The number of sulfonamides is 1. The van der Waals surface area contributed by atoms with Crippen LogP contribution in [0.25, 0.3) is 0 Å². The van der Waals surface area contributed by atoms with Gasteiger partial charge >= 0.3 is 0 Å². The number of methoxy groups -OCH3 is 2. The maximum absolute atomic E-state index is 12.3. The fraction of sp³-hybridized carbons (Fsp3) is 0.235. The highest BCUT2D eigenvalue weighted by molar-refractivity contribution is 9.10. The number of nitro groups is 1. The number of nitrogens with zero attached hydrogens (tertiary/aromatic N) is 1. The van der Waals surface area contributed by atoms with Crippen molar-refractivity contribution in [3.8, 4) is 11.5 Å². The minimum Gasteiger partial charge on any atom is -0.495 e. The van der Waals surface area contributed by atoms with Crippen LogP contribution in [0.4, 0.5) is 5.69 Å². The molecule has 0 fully saturated rings. The summed E-state index contributed by atoms with van der Waals surface area (Å²) in [6.45, 7) is -0.116. The van der Waals surface area contributed by atoms with Crippen LogP contribution < -0.4 is 19.5 Å². The first kappa shape index (κ1) is 22.6. The fourth-order valence-electron chi connectivity index (χ4n) is 2.31. The standard InChI is InChI=1S/C17H18BrN3O7S/c1-27-14-8-11(9-15(28-2)16(14)18)17(22)19-6-7-20-29(25,26)13-5-3-4-12(10-13)21(23)24/h3-5,8-10,20H,6-7H2,1-2H3,(H,19,22). The lowest BCUT2D eigenvalue weighted by Crippen LogP contribution is -2.34. The number of hydrogen-bond acceptors (Lipinski definition) is 7. The highest BCUT2D eigenvalue weighted by Gasteiger charge is 2.18. The Morgan fingerprint density at radius 1 is 1.14 bits per heavy atom. The molecule has 29 heavy (non-hydrogen) atoms. The lowest BCUT2D eigenvalue weighted by Gasteiger charge is -2.12. The molecule has 0 unspecified atom stereocenters. The van der Waals surface area contributed by atoms with Crippen molar-refractivity contribution in [2.24, 2.45) is 0 Å². The molecule has 0 bridgehead atoms. The average Bonchev–Trinajstić information content (AvgIpc) is 2.71. The second kappa shape index (κ2) is 9.67. The summed E-state index contributed by atoms with van der Waals surface area (Å²) in [5.41, 5.74) is -0.0669. The Kier molecular flexibility index (Phi) is 7.53. The largest absolute Gasteiger partial charge is 0.495 e. The highest BCUT2D eigenvalue weighted by Crippen LogP contribution is 2.35. The number of rotatable bonds is 9. The van der Waals surface area contributed by atoms with Gasteiger partial charge in [0.15, 0.2) is 0 Å². The van der Waals surface area contributed by atoms with E-state index in [0.717, 1.165) is 6.07 Å². The summed E-state index contributed by atoms with van der Waals surface area (Å²) < 4.78 is 37.7. The van der Waals surface area contributed by atoms with Gasteiger partial charge in [0.1, 0.15) is 16.0 Å². The molecular formula is C17H18BrN3O7S. The molecule has 2 rings (SSSR count). The van der Waals surface area contributed by atoms with Crippen molar-refractivity contribution in [1.29, 1.82) is 0 Å². The Balaban J connectivity index is 1.99. The Morgan fingerprint density at radius 2 is 1.76 bits per heavy atom. The summed E-state index contributed by atoms with van der Waals surface area (Å²) in [5, 5.41) is 13.4. The Morgan fingerprint density at radius 3 is 2.31 bits per heavy atom. The lowest BCUT2D eigenvalue weighted by molar-refractivity contribution is -0.385. The third-order valence-electron chi connectivity index (χ3n) is 3.75. The third-order valence-corrected chi connectivity index (χ3v) is 5.99. The second-order valence-electron chi connectivity index (χ2n) is 5.60. The molecule has 1 amide bonds. The molecule has 2 aromatic carbocycles. The molecule has 0 atom stereocenters. The van der Waals surface area contributed by atoms with Crippen LogP contribution in [-0.4, -0.2) is 46.6 Å². The number of nitro benzene ring substituents is 1. The number of benzene rings is 2. The molecule has 2 N–H and O–H groups in total. The van der Waals surface area contributed by atoms with E-state index < -0.39 is 20.9 Å². The van der Waals surface area contributed by atoms with E-state index in [1.165, 1.54) is 44.6 Å². The van der Waals surface area contributed by atoms with E-state index in [-0.39, 0.29) is 29.2 Å². The molecule has 0 spiro atoms. The van der Waals surface area contributed by atoms with Gasteiger partial charge in [-0.2, -0.15) is 0 Å². The summed E-state index contributed by atoms with van der Waals surface area (Å²) in [5.74, 6) is 0.352. The van der Waals surface area contributed by atoms with Crippen LogP contribution in [0.2, 0.25) is 0 Å². The van der Waals surface area contributed by atoms with Gasteiger partial charge in [-0.25, -0.2) is 13.1 Å². The predicted octanol–water partition coefficient (Wildman–Crippen LogP) is 2.08. The zero-order chi connectivity index (χ0) is 21.6. The Bertz CT molecular complexity index is 1000. The zero-order valence-corrected chi connectivity index (χ0v) is 17.9. The molecule has 0 heterocycles. The molecule has 156 valence electrons. The number of amides is 1. The summed E-state index contributed by atoms with van der Waals surface area (Å²) in [6, 6.07) is 7.70. The summed E-state index contributed by atoms with van der Waals surface area (Å²) in [4.78, 5) is 22.2. The van der Waals surface area contributed by atoms with Gasteiger partial charge in [-0.1, -0.05) is 6.07 Å². The van der Waals surface area contributed by atoms with Crippen LogP contribution in [-0.2, 0) is 10.0 Å².